The zero-order valence-electron chi connectivity index (χ0n) is 10.2. The number of piperazine rings is 1. The Labute approximate surface area is 112 Å². The first-order valence-corrected chi connectivity index (χ1v) is 7.15. The molecule has 17 heavy (non-hydrogen) atoms. The van der Waals surface area contributed by atoms with Gasteiger partial charge in [-0.3, -0.25) is 0 Å². The third kappa shape index (κ3) is 3.29. The van der Waals surface area contributed by atoms with Crippen LogP contribution in [0.5, 0.6) is 0 Å². The molecule has 1 aromatic rings. The molecule has 0 radical (unpaired) electrons. The molecule has 1 fully saturated rings. The van der Waals surface area contributed by atoms with E-state index in [1.807, 2.05) is 11.6 Å². The maximum Gasteiger partial charge on any atom is 0.185 e. The van der Waals surface area contributed by atoms with Gasteiger partial charge in [-0.1, -0.05) is 0 Å². The summed E-state index contributed by atoms with van der Waals surface area (Å²) in [5, 5.41) is 7.30. The van der Waals surface area contributed by atoms with E-state index in [4.69, 9.17) is 12.2 Å². The Hall–Kier alpha value is -0.880. The number of anilines is 1. The Bertz CT molecular complexity index is 356. The molecule has 1 aromatic heterocycles. The highest BCUT2D eigenvalue weighted by Gasteiger charge is 2.20. The SMILES string of the molecule is CC(C)NC(=S)N1CCN(c2nccs2)CC1. The van der Waals surface area contributed by atoms with Crippen LogP contribution < -0.4 is 10.2 Å². The van der Waals surface area contributed by atoms with Crippen LogP contribution in [0, 0.1) is 0 Å². The summed E-state index contributed by atoms with van der Waals surface area (Å²) in [6.45, 7) is 8.15. The van der Waals surface area contributed by atoms with Crippen molar-refractivity contribution < 1.29 is 0 Å². The van der Waals surface area contributed by atoms with Crippen LogP contribution in [0.2, 0.25) is 0 Å². The zero-order valence-corrected chi connectivity index (χ0v) is 11.9. The molecule has 1 saturated heterocycles. The van der Waals surface area contributed by atoms with Gasteiger partial charge in [0.1, 0.15) is 0 Å². The van der Waals surface area contributed by atoms with E-state index < -0.39 is 0 Å². The van der Waals surface area contributed by atoms with Crippen LogP contribution in [-0.2, 0) is 0 Å². The Morgan fingerprint density at radius 3 is 2.65 bits per heavy atom. The predicted molar refractivity (Wildman–Crippen MR) is 76.8 cm³/mol. The van der Waals surface area contributed by atoms with E-state index in [0.29, 0.717) is 6.04 Å². The highest BCUT2D eigenvalue weighted by molar-refractivity contribution is 7.80. The van der Waals surface area contributed by atoms with Gasteiger partial charge in [-0.05, 0) is 26.1 Å². The van der Waals surface area contributed by atoms with Gasteiger partial charge < -0.3 is 15.1 Å². The quantitative estimate of drug-likeness (QED) is 0.824. The van der Waals surface area contributed by atoms with Crippen LogP contribution in [0.3, 0.4) is 0 Å². The summed E-state index contributed by atoms with van der Waals surface area (Å²) in [7, 11) is 0. The predicted octanol–water partition coefficient (Wildman–Crippen LogP) is 1.55. The minimum Gasteiger partial charge on any atom is -0.360 e. The Kier molecular flexibility index (Phi) is 4.17. The number of hydrogen-bond donors (Lipinski definition) is 1. The van der Waals surface area contributed by atoms with E-state index in [1.165, 1.54) is 0 Å². The molecule has 1 N–H and O–H groups in total. The van der Waals surface area contributed by atoms with E-state index in [-0.39, 0.29) is 0 Å². The fourth-order valence-electron chi connectivity index (χ4n) is 1.81. The van der Waals surface area contributed by atoms with Crippen molar-refractivity contribution >= 4 is 33.8 Å². The van der Waals surface area contributed by atoms with Crippen LogP contribution in [0.25, 0.3) is 0 Å². The highest BCUT2D eigenvalue weighted by atomic mass is 32.1. The van der Waals surface area contributed by atoms with Gasteiger partial charge in [0.05, 0.1) is 0 Å². The molecule has 0 unspecified atom stereocenters. The minimum atomic E-state index is 0.402. The number of nitrogens with one attached hydrogen (secondary N) is 1. The molecule has 6 heteroatoms. The summed E-state index contributed by atoms with van der Waals surface area (Å²) in [5.74, 6) is 0. The lowest BCUT2D eigenvalue weighted by atomic mass is 10.3. The topological polar surface area (TPSA) is 31.4 Å². The fraction of sp³-hybridized carbons (Fsp3) is 0.636. The average Bonchev–Trinajstić information content (AvgIpc) is 2.82. The molecule has 0 aliphatic carbocycles. The van der Waals surface area contributed by atoms with Gasteiger partial charge in [0, 0.05) is 43.8 Å². The lowest BCUT2D eigenvalue weighted by Crippen LogP contribution is -2.52. The van der Waals surface area contributed by atoms with Crippen molar-refractivity contribution in [3.8, 4) is 0 Å². The van der Waals surface area contributed by atoms with Gasteiger partial charge in [0.25, 0.3) is 0 Å². The Balaban J connectivity index is 1.84. The first kappa shape index (κ1) is 12.6. The van der Waals surface area contributed by atoms with Crippen molar-refractivity contribution in [3.05, 3.63) is 11.6 Å². The maximum atomic E-state index is 5.37. The molecule has 2 heterocycles. The molecule has 1 aliphatic rings. The summed E-state index contributed by atoms with van der Waals surface area (Å²) in [4.78, 5) is 8.89. The Morgan fingerprint density at radius 1 is 1.41 bits per heavy atom. The minimum absolute atomic E-state index is 0.402. The van der Waals surface area contributed by atoms with Crippen molar-refractivity contribution in [1.29, 1.82) is 0 Å². The molecule has 0 spiro atoms. The number of aromatic nitrogens is 1. The molecule has 0 bridgehead atoms. The fourth-order valence-corrected chi connectivity index (χ4v) is 2.93. The van der Waals surface area contributed by atoms with Crippen LogP contribution in [0.1, 0.15) is 13.8 Å². The first-order valence-electron chi connectivity index (χ1n) is 5.86. The molecular weight excluding hydrogens is 252 g/mol. The van der Waals surface area contributed by atoms with Crippen LogP contribution in [0.4, 0.5) is 5.13 Å². The number of thiazole rings is 1. The summed E-state index contributed by atoms with van der Waals surface area (Å²) in [6.07, 6.45) is 1.86. The van der Waals surface area contributed by atoms with E-state index >= 15 is 0 Å². The molecule has 94 valence electrons. The Morgan fingerprint density at radius 2 is 2.12 bits per heavy atom. The third-order valence-electron chi connectivity index (χ3n) is 2.67. The monoisotopic (exact) mass is 270 g/mol. The molecule has 0 atom stereocenters. The van der Waals surface area contributed by atoms with Crippen LogP contribution in [0.15, 0.2) is 11.6 Å². The van der Waals surface area contributed by atoms with Gasteiger partial charge in [0.2, 0.25) is 0 Å². The molecule has 0 amide bonds. The molecular formula is C11H18N4S2. The smallest absolute Gasteiger partial charge is 0.185 e. The number of nitrogens with zero attached hydrogens (tertiary/aromatic N) is 3. The van der Waals surface area contributed by atoms with Gasteiger partial charge in [0.15, 0.2) is 10.2 Å². The van der Waals surface area contributed by atoms with E-state index in [0.717, 1.165) is 36.4 Å². The van der Waals surface area contributed by atoms with Gasteiger partial charge in [-0.2, -0.15) is 0 Å². The molecule has 2 rings (SSSR count). The summed E-state index contributed by atoms with van der Waals surface area (Å²) < 4.78 is 0. The van der Waals surface area contributed by atoms with E-state index in [2.05, 4.69) is 33.9 Å². The third-order valence-corrected chi connectivity index (χ3v) is 3.88. The lowest BCUT2D eigenvalue weighted by Gasteiger charge is -2.36. The van der Waals surface area contributed by atoms with Crippen molar-refractivity contribution in [2.45, 2.75) is 19.9 Å². The van der Waals surface area contributed by atoms with Gasteiger partial charge >= 0.3 is 0 Å². The average molecular weight is 270 g/mol. The summed E-state index contributed by atoms with van der Waals surface area (Å²) in [6, 6.07) is 0.402. The van der Waals surface area contributed by atoms with Crippen LogP contribution >= 0.6 is 23.6 Å². The zero-order chi connectivity index (χ0) is 12.3. The molecule has 4 nitrogen and oxygen atoms in total. The molecule has 0 aromatic carbocycles. The van der Waals surface area contributed by atoms with Crippen molar-refractivity contribution in [1.82, 2.24) is 15.2 Å². The molecule has 1 aliphatic heterocycles. The number of rotatable bonds is 2. The largest absolute Gasteiger partial charge is 0.360 e. The first-order chi connectivity index (χ1) is 8.16. The standard InChI is InChI=1S/C11H18N4S2/c1-9(2)13-10(16)14-4-6-15(7-5-14)11-12-3-8-17-11/h3,8-9H,4-7H2,1-2H3,(H,13,16). The second-order valence-electron chi connectivity index (χ2n) is 4.39. The second-order valence-corrected chi connectivity index (χ2v) is 5.65. The molecule has 0 saturated carbocycles. The number of thiocarbonyl (C=S) groups is 1. The maximum absolute atomic E-state index is 5.37. The van der Waals surface area contributed by atoms with Crippen molar-refractivity contribution in [3.63, 3.8) is 0 Å². The van der Waals surface area contributed by atoms with E-state index in [9.17, 15) is 0 Å². The van der Waals surface area contributed by atoms with Crippen LogP contribution in [-0.4, -0.2) is 47.2 Å². The van der Waals surface area contributed by atoms with E-state index in [1.54, 1.807) is 11.3 Å². The second kappa shape index (κ2) is 5.64. The highest BCUT2D eigenvalue weighted by Crippen LogP contribution is 2.18. The van der Waals surface area contributed by atoms with Crippen molar-refractivity contribution in [2.75, 3.05) is 31.1 Å². The number of hydrogen-bond acceptors (Lipinski definition) is 4. The lowest BCUT2D eigenvalue weighted by molar-refractivity contribution is 0.377. The van der Waals surface area contributed by atoms with Crippen molar-refractivity contribution in [2.24, 2.45) is 0 Å². The van der Waals surface area contributed by atoms with Gasteiger partial charge in [-0.15, -0.1) is 11.3 Å². The normalized spacial score (nSPS) is 16.4. The van der Waals surface area contributed by atoms with Gasteiger partial charge in [-0.25, -0.2) is 4.98 Å². The summed E-state index contributed by atoms with van der Waals surface area (Å²) in [5.41, 5.74) is 0. The summed E-state index contributed by atoms with van der Waals surface area (Å²) >= 11 is 7.07.